The summed E-state index contributed by atoms with van der Waals surface area (Å²) >= 11 is 0. The molecule has 0 bridgehead atoms. The standard InChI is InChI=1S/C19H22N2.C15H24O2.Ni/c1-2-3-6-15-19(21-18-13-9-5-10-14-18)16-20-17-11-7-4-8-12-17;1-3-5-7-9-13-11-10-12(8-6-4-2)14(16)15(13)17;/h4-5,7-14,16H,2-3,6,15H2,1H3;10-11,16-17H,3-9H2,1-2H3;/q;;+2/p-2. The summed E-state index contributed by atoms with van der Waals surface area (Å²) in [4.78, 5) is 9.24. The summed E-state index contributed by atoms with van der Waals surface area (Å²) in [7, 11) is 0. The number of aliphatic imine (C=N–C) groups is 2. The molecule has 5 heteroatoms. The number of hydrogen-bond acceptors (Lipinski definition) is 4. The number of hydrogen-bond donors (Lipinski definition) is 0. The largest absolute Gasteiger partial charge is 2.00 e. The Labute approximate surface area is 246 Å². The second kappa shape index (κ2) is 21.0. The third-order valence-electron chi connectivity index (χ3n) is 6.31. The molecule has 0 aliphatic rings. The van der Waals surface area contributed by atoms with Crippen LogP contribution >= 0.6 is 0 Å². The molecule has 0 saturated heterocycles. The molecule has 0 aliphatic heterocycles. The topological polar surface area (TPSA) is 70.8 Å². The van der Waals surface area contributed by atoms with Crippen LogP contribution in [0.2, 0.25) is 0 Å². The molecule has 0 unspecified atom stereocenters. The average Bonchev–Trinajstić information content (AvgIpc) is 2.95. The first-order chi connectivity index (χ1) is 18.6. The van der Waals surface area contributed by atoms with Crippen LogP contribution in [-0.4, -0.2) is 11.9 Å². The number of nitrogens with zero attached hydrogens (tertiary/aromatic N) is 2. The van der Waals surface area contributed by atoms with Gasteiger partial charge in [0.2, 0.25) is 0 Å². The molecule has 3 rings (SSSR count). The van der Waals surface area contributed by atoms with Crippen LogP contribution < -0.4 is 10.2 Å². The summed E-state index contributed by atoms with van der Waals surface area (Å²) in [5.74, 6) is -0.540. The van der Waals surface area contributed by atoms with E-state index in [1.165, 1.54) is 12.8 Å². The maximum atomic E-state index is 11.8. The normalized spacial score (nSPS) is 11.1. The third-order valence-corrected chi connectivity index (χ3v) is 6.31. The van der Waals surface area contributed by atoms with Crippen LogP contribution in [0.3, 0.4) is 0 Å². The van der Waals surface area contributed by atoms with Crippen molar-refractivity contribution in [3.8, 4) is 11.5 Å². The van der Waals surface area contributed by atoms with Crippen LogP contribution in [0.5, 0.6) is 11.5 Å². The van der Waals surface area contributed by atoms with E-state index in [1.54, 1.807) is 0 Å². The van der Waals surface area contributed by atoms with E-state index in [1.807, 2.05) is 79.0 Å². The molecular weight excluding hydrogens is 527 g/mol. The van der Waals surface area contributed by atoms with Gasteiger partial charge in [0, 0.05) is 6.21 Å². The third kappa shape index (κ3) is 13.6. The van der Waals surface area contributed by atoms with Crippen LogP contribution in [0.25, 0.3) is 0 Å². The zero-order valence-electron chi connectivity index (χ0n) is 23.8. The van der Waals surface area contributed by atoms with Gasteiger partial charge in [-0.2, -0.15) is 0 Å². The van der Waals surface area contributed by atoms with Gasteiger partial charge in [-0.3, -0.25) is 9.98 Å². The molecule has 39 heavy (non-hydrogen) atoms. The van der Waals surface area contributed by atoms with Crippen molar-refractivity contribution in [3.05, 3.63) is 83.9 Å². The molecule has 0 aliphatic carbocycles. The molecule has 4 nitrogen and oxygen atoms in total. The van der Waals surface area contributed by atoms with E-state index in [0.717, 1.165) is 74.9 Å². The maximum Gasteiger partial charge on any atom is 2.00 e. The number of unbranched alkanes of at least 4 members (excludes halogenated alkanes) is 5. The van der Waals surface area contributed by atoms with Gasteiger partial charge >= 0.3 is 16.5 Å². The summed E-state index contributed by atoms with van der Waals surface area (Å²) in [6.45, 7) is 6.43. The minimum atomic E-state index is -0.271. The van der Waals surface area contributed by atoms with Crippen LogP contribution in [0.4, 0.5) is 11.4 Å². The van der Waals surface area contributed by atoms with E-state index >= 15 is 0 Å². The molecule has 3 aromatic rings. The van der Waals surface area contributed by atoms with Crippen LogP contribution in [0.15, 0.2) is 82.8 Å². The SMILES string of the molecule is CCCCCC(C=Nc1ccccc1)=Nc1ccccc1.CCCCCc1ccc(CCCC)c([O-])c1[O-].[Ni+2]. The second-order valence-electron chi connectivity index (χ2n) is 9.59. The van der Waals surface area contributed by atoms with Gasteiger partial charge in [0.15, 0.2) is 0 Å². The number of benzene rings is 3. The van der Waals surface area contributed by atoms with Gasteiger partial charge in [-0.15, -0.1) is 11.5 Å². The van der Waals surface area contributed by atoms with Crippen LogP contribution in [-0.2, 0) is 29.3 Å². The molecule has 0 heterocycles. The van der Waals surface area contributed by atoms with E-state index in [-0.39, 0.29) is 28.0 Å². The van der Waals surface area contributed by atoms with E-state index in [4.69, 9.17) is 4.99 Å². The van der Waals surface area contributed by atoms with E-state index in [0.29, 0.717) is 11.1 Å². The second-order valence-corrected chi connectivity index (χ2v) is 9.59. The Hall–Kier alpha value is -2.91. The van der Waals surface area contributed by atoms with Crippen molar-refractivity contribution in [2.45, 2.75) is 91.4 Å². The Balaban J connectivity index is 0.000000389. The molecule has 212 valence electrons. The molecule has 0 amide bonds. The first-order valence-corrected chi connectivity index (χ1v) is 14.3. The summed E-state index contributed by atoms with van der Waals surface area (Å²) in [6, 6.07) is 23.8. The fourth-order valence-corrected chi connectivity index (χ4v) is 4.01. The molecule has 0 radical (unpaired) electrons. The number of rotatable bonds is 14. The summed E-state index contributed by atoms with van der Waals surface area (Å²) < 4.78 is 0. The predicted molar refractivity (Wildman–Crippen MR) is 159 cm³/mol. The molecule has 0 saturated carbocycles. The Kier molecular flexibility index (Phi) is 18.4. The summed E-state index contributed by atoms with van der Waals surface area (Å²) in [5, 5.41) is 23.7. The van der Waals surface area contributed by atoms with Crippen molar-refractivity contribution in [1.29, 1.82) is 0 Å². The van der Waals surface area contributed by atoms with Crippen molar-refractivity contribution in [2.24, 2.45) is 9.98 Å². The number of aryl methyl sites for hydroxylation is 2. The molecule has 0 atom stereocenters. The van der Waals surface area contributed by atoms with Crippen LogP contribution in [0.1, 0.15) is 89.7 Å². The monoisotopic (exact) mass is 570 g/mol. The summed E-state index contributed by atoms with van der Waals surface area (Å²) in [5.41, 5.74) is 4.38. The quantitative estimate of drug-likeness (QED) is 0.110. The fraction of sp³-hybridized carbons (Fsp3) is 0.412. The van der Waals surface area contributed by atoms with Crippen molar-refractivity contribution < 1.29 is 26.7 Å². The van der Waals surface area contributed by atoms with Gasteiger partial charge < -0.3 is 10.2 Å². The van der Waals surface area contributed by atoms with E-state index < -0.39 is 0 Å². The zero-order chi connectivity index (χ0) is 27.4. The van der Waals surface area contributed by atoms with Gasteiger partial charge in [-0.1, -0.05) is 113 Å². The van der Waals surface area contributed by atoms with Crippen molar-refractivity contribution in [3.63, 3.8) is 0 Å². The van der Waals surface area contributed by atoms with Gasteiger partial charge in [0.05, 0.1) is 17.1 Å². The van der Waals surface area contributed by atoms with Gasteiger partial charge in [0.1, 0.15) is 0 Å². The molecule has 0 fully saturated rings. The van der Waals surface area contributed by atoms with Gasteiger partial charge in [-0.25, -0.2) is 0 Å². The first kappa shape index (κ1) is 34.1. The van der Waals surface area contributed by atoms with Crippen molar-refractivity contribution >= 4 is 23.3 Å². The van der Waals surface area contributed by atoms with Gasteiger partial charge in [0.25, 0.3) is 0 Å². The maximum absolute atomic E-state index is 11.8. The molecule has 0 N–H and O–H groups in total. The minimum Gasteiger partial charge on any atom is -0.873 e. The Morgan fingerprint density at radius 1 is 0.615 bits per heavy atom. The van der Waals surface area contributed by atoms with Crippen molar-refractivity contribution in [2.75, 3.05) is 0 Å². The fourth-order valence-electron chi connectivity index (χ4n) is 4.01. The average molecular weight is 571 g/mol. The smallest absolute Gasteiger partial charge is 0.873 e. The van der Waals surface area contributed by atoms with Gasteiger partial charge in [-0.05, 0) is 62.8 Å². The number of para-hydroxylation sites is 2. The Bertz CT molecular complexity index is 1100. The molecule has 0 aromatic heterocycles. The first-order valence-electron chi connectivity index (χ1n) is 14.3. The predicted octanol–water partition coefficient (Wildman–Crippen LogP) is 8.65. The zero-order valence-corrected chi connectivity index (χ0v) is 24.8. The molecule has 0 spiro atoms. The molecular formula is C34H44N2NiO2. The summed E-state index contributed by atoms with van der Waals surface area (Å²) in [6.07, 6.45) is 13.2. The molecule has 3 aromatic carbocycles. The van der Waals surface area contributed by atoms with Crippen LogP contribution in [0, 0.1) is 0 Å². The Morgan fingerprint density at radius 2 is 1.10 bits per heavy atom. The van der Waals surface area contributed by atoms with E-state index in [2.05, 4.69) is 25.8 Å². The van der Waals surface area contributed by atoms with E-state index in [9.17, 15) is 10.2 Å². The minimum absolute atomic E-state index is 0. The van der Waals surface area contributed by atoms with Crippen molar-refractivity contribution in [1.82, 2.24) is 0 Å². The Morgan fingerprint density at radius 3 is 1.64 bits per heavy atom.